The number of aryl methyl sites for hydroxylation is 2. The highest BCUT2D eigenvalue weighted by atomic mass is 32.2. The number of pyridine rings is 2. The first-order valence-electron chi connectivity index (χ1n) is 14.1. The van der Waals surface area contributed by atoms with Crippen LogP contribution in [0.5, 0.6) is 5.75 Å². The van der Waals surface area contributed by atoms with Gasteiger partial charge < -0.3 is 14.9 Å². The quantitative estimate of drug-likeness (QED) is 0.307. The van der Waals surface area contributed by atoms with E-state index < -0.39 is 45.1 Å². The number of aromatic hydroxyl groups is 1. The van der Waals surface area contributed by atoms with Crippen LogP contribution in [-0.4, -0.2) is 71.6 Å². The van der Waals surface area contributed by atoms with E-state index in [0.29, 0.717) is 43.0 Å². The van der Waals surface area contributed by atoms with Crippen LogP contribution in [0.4, 0.5) is 14.6 Å². The molecule has 230 valence electrons. The SMILES string of the molecule is C=CC(=O)N1CCN(c2nc(=O)n(-c3c(C)ccnc3CCC)c3nc(-c4c(O)ccc(S(C)=O)c4F)c(F)cc23)[C@@H](C)C1. The summed E-state index contributed by atoms with van der Waals surface area (Å²) in [5.41, 5.74) is -0.151. The molecule has 0 saturated carbocycles. The van der Waals surface area contributed by atoms with Crippen molar-refractivity contribution in [1.82, 2.24) is 24.4 Å². The molecule has 1 fully saturated rings. The Morgan fingerprint density at radius 1 is 1.23 bits per heavy atom. The lowest BCUT2D eigenvalue weighted by Gasteiger charge is -2.40. The van der Waals surface area contributed by atoms with E-state index in [1.165, 1.54) is 16.9 Å². The number of phenols is 1. The van der Waals surface area contributed by atoms with Gasteiger partial charge in [-0.15, -0.1) is 0 Å². The van der Waals surface area contributed by atoms with E-state index in [-0.39, 0.29) is 33.7 Å². The van der Waals surface area contributed by atoms with Gasteiger partial charge in [0.25, 0.3) is 0 Å². The third-order valence-corrected chi connectivity index (χ3v) is 8.67. The van der Waals surface area contributed by atoms with E-state index in [0.717, 1.165) is 24.6 Å². The summed E-state index contributed by atoms with van der Waals surface area (Å²) in [5.74, 6) is -2.74. The van der Waals surface area contributed by atoms with Gasteiger partial charge >= 0.3 is 5.69 Å². The largest absolute Gasteiger partial charge is 0.507 e. The van der Waals surface area contributed by atoms with Crippen molar-refractivity contribution < 1.29 is 22.9 Å². The zero-order valence-electron chi connectivity index (χ0n) is 24.8. The molecule has 0 spiro atoms. The van der Waals surface area contributed by atoms with Gasteiger partial charge in [0.2, 0.25) is 5.91 Å². The van der Waals surface area contributed by atoms with Crippen molar-refractivity contribution in [2.75, 3.05) is 30.8 Å². The summed E-state index contributed by atoms with van der Waals surface area (Å²) in [4.78, 5) is 42.8. The predicted molar refractivity (Wildman–Crippen MR) is 165 cm³/mol. The van der Waals surface area contributed by atoms with Crippen molar-refractivity contribution in [3.05, 3.63) is 76.5 Å². The molecular formula is C31H32F2N6O4S. The highest BCUT2D eigenvalue weighted by Gasteiger charge is 2.31. The van der Waals surface area contributed by atoms with Crippen LogP contribution in [0.25, 0.3) is 28.0 Å². The second kappa shape index (κ2) is 12.2. The van der Waals surface area contributed by atoms with Gasteiger partial charge in [-0.25, -0.2) is 23.1 Å². The number of carbonyl (C=O) groups excluding carboxylic acids is 1. The number of carbonyl (C=O) groups is 1. The molecule has 3 aromatic heterocycles. The molecule has 2 atom stereocenters. The van der Waals surface area contributed by atoms with Crippen LogP contribution in [-0.2, 0) is 22.0 Å². The lowest BCUT2D eigenvalue weighted by atomic mass is 10.1. The number of hydrogen-bond donors (Lipinski definition) is 1. The topological polar surface area (TPSA) is 122 Å². The van der Waals surface area contributed by atoms with E-state index in [1.54, 1.807) is 24.1 Å². The Morgan fingerprint density at radius 3 is 2.64 bits per heavy atom. The first kappa shape index (κ1) is 30.9. The van der Waals surface area contributed by atoms with Gasteiger partial charge in [-0.05, 0) is 56.2 Å². The maximum atomic E-state index is 16.0. The molecule has 1 aromatic carbocycles. The van der Waals surface area contributed by atoms with E-state index in [2.05, 4.69) is 21.5 Å². The average molecular weight is 623 g/mol. The number of amides is 1. The Balaban J connectivity index is 1.84. The number of fused-ring (bicyclic) bond motifs is 1. The maximum absolute atomic E-state index is 16.0. The molecule has 4 heterocycles. The van der Waals surface area contributed by atoms with Crippen LogP contribution in [0, 0.1) is 18.6 Å². The molecule has 1 aliphatic rings. The standard InChI is InChI=1S/C31H32F2N6O4S/c1-6-8-21-28(17(3)11-12-34-21)39-30-19(29(36-31(39)42)38-14-13-37(16-18(38)4)24(41)7-2)15-20(32)27(35-30)25-22(40)9-10-23(26(25)33)44(5)43/h7,9-12,15,18,40H,2,6,8,13-14,16H2,1,3-5H3/t18-,44?/m0/s1. The number of anilines is 1. The Hall–Kier alpha value is -4.52. The number of hydrogen-bond acceptors (Lipinski definition) is 8. The minimum absolute atomic E-state index is 0.0246. The molecule has 1 saturated heterocycles. The van der Waals surface area contributed by atoms with Gasteiger partial charge in [0.15, 0.2) is 17.3 Å². The first-order valence-corrected chi connectivity index (χ1v) is 15.7. The summed E-state index contributed by atoms with van der Waals surface area (Å²) in [6.07, 6.45) is 5.38. The predicted octanol–water partition coefficient (Wildman–Crippen LogP) is 4.05. The highest BCUT2D eigenvalue weighted by molar-refractivity contribution is 7.84. The Kier molecular flexibility index (Phi) is 8.60. The van der Waals surface area contributed by atoms with Gasteiger partial charge in [0.1, 0.15) is 17.3 Å². The van der Waals surface area contributed by atoms with Crippen LogP contribution >= 0.6 is 0 Å². The number of nitrogens with zero attached hydrogens (tertiary/aromatic N) is 6. The Morgan fingerprint density at radius 2 is 1.98 bits per heavy atom. The van der Waals surface area contributed by atoms with E-state index in [9.17, 15) is 18.9 Å². The summed E-state index contributed by atoms with van der Waals surface area (Å²) >= 11 is 0. The highest BCUT2D eigenvalue weighted by Crippen LogP contribution is 2.38. The maximum Gasteiger partial charge on any atom is 0.355 e. The molecule has 10 nitrogen and oxygen atoms in total. The van der Waals surface area contributed by atoms with Crippen molar-refractivity contribution in [3.8, 4) is 22.7 Å². The molecule has 1 amide bonds. The van der Waals surface area contributed by atoms with Crippen LogP contribution in [0.2, 0.25) is 0 Å². The second-order valence-electron chi connectivity index (χ2n) is 10.7. The van der Waals surface area contributed by atoms with Crippen molar-refractivity contribution >= 4 is 33.6 Å². The molecule has 4 aromatic rings. The first-order chi connectivity index (χ1) is 21.0. The zero-order chi connectivity index (χ0) is 31.9. The minimum Gasteiger partial charge on any atom is -0.507 e. The van der Waals surface area contributed by atoms with Crippen LogP contribution in [0.15, 0.2) is 52.8 Å². The lowest BCUT2D eigenvalue weighted by molar-refractivity contribution is -0.126. The third-order valence-electron chi connectivity index (χ3n) is 7.73. The van der Waals surface area contributed by atoms with E-state index in [4.69, 9.17) is 0 Å². The summed E-state index contributed by atoms with van der Waals surface area (Å²) in [6, 6.07) is 4.82. The molecule has 13 heteroatoms. The normalized spacial score (nSPS) is 15.9. The zero-order valence-corrected chi connectivity index (χ0v) is 25.6. The average Bonchev–Trinajstić information content (AvgIpc) is 2.98. The van der Waals surface area contributed by atoms with Gasteiger partial charge in [-0.1, -0.05) is 19.9 Å². The number of benzene rings is 1. The van der Waals surface area contributed by atoms with Crippen molar-refractivity contribution in [3.63, 3.8) is 0 Å². The second-order valence-corrected chi connectivity index (χ2v) is 12.0. The molecule has 0 radical (unpaired) electrons. The summed E-state index contributed by atoms with van der Waals surface area (Å²) in [6.45, 7) is 10.1. The number of piperazine rings is 1. The summed E-state index contributed by atoms with van der Waals surface area (Å²) in [7, 11) is -1.78. The van der Waals surface area contributed by atoms with Crippen molar-refractivity contribution in [2.24, 2.45) is 0 Å². The molecular weight excluding hydrogens is 590 g/mol. The molecule has 1 aliphatic heterocycles. The fourth-order valence-corrected chi connectivity index (χ4v) is 6.24. The summed E-state index contributed by atoms with van der Waals surface area (Å²) < 4.78 is 45.1. The molecule has 0 bridgehead atoms. The molecule has 44 heavy (non-hydrogen) atoms. The van der Waals surface area contributed by atoms with E-state index in [1.807, 2.05) is 18.7 Å². The van der Waals surface area contributed by atoms with Gasteiger partial charge in [0, 0.05) is 38.1 Å². The molecule has 5 rings (SSSR count). The van der Waals surface area contributed by atoms with Gasteiger partial charge in [-0.3, -0.25) is 14.0 Å². The number of phenolic OH excluding ortho intramolecular Hbond substituents is 1. The minimum atomic E-state index is -1.78. The van der Waals surface area contributed by atoms with Crippen LogP contribution in [0.3, 0.4) is 0 Å². The fourth-order valence-electron chi connectivity index (χ4n) is 5.63. The Bertz CT molecular complexity index is 1900. The fraction of sp³-hybridized carbons (Fsp3) is 0.323. The van der Waals surface area contributed by atoms with E-state index >= 15 is 8.78 Å². The monoisotopic (exact) mass is 622 g/mol. The lowest BCUT2D eigenvalue weighted by Crippen LogP contribution is -2.54. The van der Waals surface area contributed by atoms with Crippen molar-refractivity contribution in [1.29, 1.82) is 0 Å². The van der Waals surface area contributed by atoms with Gasteiger partial charge in [0.05, 0.1) is 38.0 Å². The van der Waals surface area contributed by atoms with Crippen LogP contribution < -0.4 is 10.6 Å². The van der Waals surface area contributed by atoms with Crippen molar-refractivity contribution in [2.45, 2.75) is 44.6 Å². The number of aromatic nitrogens is 4. The number of rotatable bonds is 7. The van der Waals surface area contributed by atoms with Crippen LogP contribution in [0.1, 0.15) is 31.5 Å². The third kappa shape index (κ3) is 5.36. The molecule has 0 aliphatic carbocycles. The number of halogens is 2. The molecule has 1 N–H and O–H groups in total. The molecule has 1 unspecified atom stereocenters. The van der Waals surface area contributed by atoms with Gasteiger partial charge in [-0.2, -0.15) is 4.98 Å². The summed E-state index contributed by atoms with van der Waals surface area (Å²) in [5, 5.41) is 10.8. The smallest absolute Gasteiger partial charge is 0.355 e. The Labute approximate surface area is 255 Å².